The average Bonchev–Trinajstić information content (AvgIpc) is 2.32. The molecule has 100 valence electrons. The molecule has 0 rings (SSSR count). The fraction of sp³-hybridized carbons (Fsp3) is 0.545. The van der Waals surface area contributed by atoms with Gasteiger partial charge >= 0.3 is 57.1 Å². The van der Waals surface area contributed by atoms with E-state index in [4.69, 9.17) is 9.30 Å². The van der Waals surface area contributed by atoms with Crippen LogP contribution in [0.2, 0.25) is 0 Å². The van der Waals surface area contributed by atoms with Crippen LogP contribution in [0.3, 0.4) is 0 Å². The molecule has 6 heteroatoms. The predicted molar refractivity (Wildman–Crippen MR) is 75.5 cm³/mol. The Morgan fingerprint density at radius 2 is 1.06 bits per heavy atom. The van der Waals surface area contributed by atoms with Crippen molar-refractivity contribution in [1.29, 1.82) is 0 Å². The molecule has 0 aromatic carbocycles. The van der Waals surface area contributed by atoms with E-state index in [1.165, 1.54) is 0 Å². The predicted octanol–water partition coefficient (Wildman–Crippen LogP) is 3.20. The minimum absolute atomic E-state index is 0. The summed E-state index contributed by atoms with van der Waals surface area (Å²) < 4.78 is 15.0. The summed E-state index contributed by atoms with van der Waals surface area (Å²) in [4.78, 5) is 8.24. The van der Waals surface area contributed by atoms with Crippen molar-refractivity contribution in [2.45, 2.75) is 39.8 Å². The third-order valence-corrected chi connectivity index (χ3v) is 0.835. The Kier molecular flexibility index (Phi) is 64.2. The molecule has 0 heterocycles. The van der Waals surface area contributed by atoms with Gasteiger partial charge in [-0.15, -0.1) is 0 Å². The fourth-order valence-electron chi connectivity index (χ4n) is 0.421. The summed E-state index contributed by atoms with van der Waals surface area (Å²) in [5, 5.41) is 0. The van der Waals surface area contributed by atoms with Crippen LogP contribution in [0, 0.1) is 20.7 Å². The fourth-order valence-corrected chi connectivity index (χ4v) is 0.421. The van der Waals surface area contributed by atoms with E-state index in [9.17, 15) is 0 Å². The van der Waals surface area contributed by atoms with Gasteiger partial charge in [0, 0.05) is 24.5 Å². The molecule has 0 aromatic heterocycles. The monoisotopic (exact) mass is 440 g/mol. The first-order valence-corrected chi connectivity index (χ1v) is 9.39. The van der Waals surface area contributed by atoms with Crippen molar-refractivity contribution in [2.75, 3.05) is 0 Å². The molecule has 0 saturated heterocycles. The van der Waals surface area contributed by atoms with Crippen LogP contribution in [0.1, 0.15) is 27.7 Å². The molecule has 0 aliphatic rings. The topological polar surface area (TPSA) is 64.5 Å². The molecule has 0 aliphatic carbocycles. The number of hydrogen-bond acceptors (Lipinski definition) is 2. The average molecular weight is 439 g/mol. The minimum atomic E-state index is 0. The van der Waals surface area contributed by atoms with Crippen LogP contribution in [-0.4, -0.2) is 24.5 Å². The Balaban J connectivity index is -0.0000000594. The van der Waals surface area contributed by atoms with E-state index in [1.54, 1.807) is 12.4 Å². The van der Waals surface area contributed by atoms with Gasteiger partial charge in [-0.05, 0) is 27.7 Å². The SMILES string of the molecule is CC(C)N=CC=NC(C)C.[C-]#[O+].[C-]#[O+].[CH3-].[Ru+][I]. The molecule has 0 spiro atoms. The molecule has 0 saturated carbocycles. The quantitative estimate of drug-likeness (QED) is 0.213. The molecule has 4 nitrogen and oxygen atoms in total. The molecule has 0 atom stereocenters. The van der Waals surface area contributed by atoms with Crippen molar-refractivity contribution >= 4 is 32.2 Å². The second-order valence-electron chi connectivity index (χ2n) is 2.78. The molecule has 0 fully saturated rings. The normalized spacial score (nSPS) is 8.24. The van der Waals surface area contributed by atoms with Gasteiger partial charge in [0.25, 0.3) is 0 Å². The molecular weight excluding hydrogens is 420 g/mol. The third-order valence-electron chi connectivity index (χ3n) is 0.835. The third kappa shape index (κ3) is 63.1. The van der Waals surface area contributed by atoms with Gasteiger partial charge in [-0.1, -0.05) is 0 Å². The van der Waals surface area contributed by atoms with Crippen molar-refractivity contribution in [1.82, 2.24) is 0 Å². The van der Waals surface area contributed by atoms with E-state index in [1.807, 2.05) is 27.7 Å². The van der Waals surface area contributed by atoms with Gasteiger partial charge in [-0.3, -0.25) is 9.98 Å². The van der Waals surface area contributed by atoms with Gasteiger partial charge in [0.05, 0.1) is 0 Å². The van der Waals surface area contributed by atoms with E-state index in [2.05, 4.69) is 57.8 Å². The summed E-state index contributed by atoms with van der Waals surface area (Å²) in [5.41, 5.74) is 0. The summed E-state index contributed by atoms with van der Waals surface area (Å²) in [5.74, 6) is 0. The first-order chi connectivity index (χ1) is 7.63. The first-order valence-electron chi connectivity index (χ1n) is 4.22. The van der Waals surface area contributed by atoms with E-state index >= 15 is 0 Å². The molecule has 17 heavy (non-hydrogen) atoms. The molecule has 0 unspecified atom stereocenters. The first kappa shape index (κ1) is 30.3. The van der Waals surface area contributed by atoms with Crippen LogP contribution in [0.4, 0.5) is 0 Å². The summed E-state index contributed by atoms with van der Waals surface area (Å²) in [6.45, 7) is 17.2. The van der Waals surface area contributed by atoms with Crippen LogP contribution >= 0.6 is 19.8 Å². The number of nitrogens with zero attached hydrogens (tertiary/aromatic N) is 2. The molecule has 0 bridgehead atoms. The molecule has 0 N–H and O–H groups in total. The van der Waals surface area contributed by atoms with Crippen LogP contribution < -0.4 is 0 Å². The Hall–Kier alpha value is 0.173. The van der Waals surface area contributed by atoms with E-state index in [0.717, 1.165) is 0 Å². The van der Waals surface area contributed by atoms with Crippen LogP contribution in [0.5, 0.6) is 0 Å². The van der Waals surface area contributed by atoms with Gasteiger partial charge in [0.1, 0.15) is 0 Å². The Bertz CT molecular complexity index is 180. The summed E-state index contributed by atoms with van der Waals surface area (Å²) in [6, 6.07) is 0.747. The van der Waals surface area contributed by atoms with Gasteiger partial charge in [-0.2, -0.15) is 0 Å². The molecule has 0 radical (unpaired) electrons. The van der Waals surface area contributed by atoms with E-state index in [-0.39, 0.29) is 7.43 Å². The molecule has 0 amide bonds. The summed E-state index contributed by atoms with van der Waals surface area (Å²) in [6.07, 6.45) is 3.51. The number of aliphatic imine (C=N–C) groups is 2. The van der Waals surface area contributed by atoms with Crippen LogP contribution in [0.25, 0.3) is 0 Å². The summed E-state index contributed by atoms with van der Waals surface area (Å²) >= 11 is 4.40. The number of rotatable bonds is 3. The number of halogens is 1. The second kappa shape index (κ2) is 36.0. The van der Waals surface area contributed by atoms with Gasteiger partial charge in [-0.25, -0.2) is 0 Å². The standard InChI is InChI=1S/C8H16N2.2CO.CH3.HI.Ru/c1-7(2)9-5-6-10-8(3)4;2*1-2;;;/h5-8H,1-4H3;;;1H3;1H;/q;;;-1;;+2/p-1. The Morgan fingerprint density at radius 3 is 1.18 bits per heavy atom. The van der Waals surface area contributed by atoms with E-state index < -0.39 is 0 Å². The zero-order chi connectivity index (χ0) is 14.0. The van der Waals surface area contributed by atoms with E-state index in [0.29, 0.717) is 12.1 Å². The van der Waals surface area contributed by atoms with Gasteiger partial charge in [0.15, 0.2) is 0 Å². The second-order valence-corrected chi connectivity index (χ2v) is 2.78. The van der Waals surface area contributed by atoms with Crippen molar-refractivity contribution in [3.8, 4) is 0 Å². The Labute approximate surface area is 126 Å². The van der Waals surface area contributed by atoms with Crippen molar-refractivity contribution in [3.63, 3.8) is 0 Å². The molecular formula is C11H19IN2O2Ru. The van der Waals surface area contributed by atoms with Gasteiger partial charge < -0.3 is 7.43 Å². The van der Waals surface area contributed by atoms with Crippen LogP contribution in [0.15, 0.2) is 9.98 Å². The summed E-state index contributed by atoms with van der Waals surface area (Å²) in [7, 11) is 0. The zero-order valence-electron chi connectivity index (χ0n) is 10.8. The maximum absolute atomic E-state index is 7.50. The van der Waals surface area contributed by atoms with Crippen LogP contribution in [-0.2, 0) is 24.1 Å². The number of hydrogen-bond donors (Lipinski definition) is 0. The van der Waals surface area contributed by atoms with Crippen molar-refractivity contribution < 1.29 is 24.1 Å². The molecule has 0 aliphatic heterocycles. The zero-order valence-corrected chi connectivity index (χ0v) is 14.6. The van der Waals surface area contributed by atoms with Crippen molar-refractivity contribution in [3.05, 3.63) is 20.7 Å². The van der Waals surface area contributed by atoms with Crippen molar-refractivity contribution in [2.24, 2.45) is 9.98 Å². The maximum atomic E-state index is 7.50. The van der Waals surface area contributed by atoms with Gasteiger partial charge in [0.2, 0.25) is 0 Å². The Morgan fingerprint density at radius 1 is 0.882 bits per heavy atom. The molecule has 0 aromatic rings.